The van der Waals surface area contributed by atoms with Crippen molar-refractivity contribution in [3.05, 3.63) is 30.0 Å². The van der Waals surface area contributed by atoms with Gasteiger partial charge in [-0.15, -0.1) is 0 Å². The number of hydrogen-bond acceptors (Lipinski definition) is 5. The molecule has 0 radical (unpaired) electrons. The summed E-state index contributed by atoms with van der Waals surface area (Å²) in [6, 6.07) is 3.83. The lowest BCUT2D eigenvalue weighted by atomic mass is 10.1. The molecule has 7 nitrogen and oxygen atoms in total. The van der Waals surface area contributed by atoms with Gasteiger partial charge < -0.3 is 20.5 Å². The number of pyridine rings is 1. The molecule has 2 heterocycles. The quantitative estimate of drug-likeness (QED) is 0.786. The van der Waals surface area contributed by atoms with Gasteiger partial charge in [0.05, 0.1) is 31.3 Å². The Bertz CT molecular complexity index is 954. The summed E-state index contributed by atoms with van der Waals surface area (Å²) in [6.45, 7) is -1.08. The minimum absolute atomic E-state index is 0.181. The number of carbonyl (C=O) groups excluding carboxylic acids is 2. The zero-order valence-corrected chi connectivity index (χ0v) is 14.4. The molecule has 9 heteroatoms. The van der Waals surface area contributed by atoms with Crippen LogP contribution in [0, 0.1) is 11.8 Å². The van der Waals surface area contributed by atoms with Crippen LogP contribution in [-0.4, -0.2) is 48.9 Å². The molecular formula is C18H17F2N3O4. The highest BCUT2D eigenvalue weighted by Crippen LogP contribution is 2.59. The molecule has 1 aromatic heterocycles. The number of methoxy groups -OCH3 is 1. The number of carbonyl (C=O) groups is 2. The maximum Gasteiger partial charge on any atom is 0.252 e. The summed E-state index contributed by atoms with van der Waals surface area (Å²) in [5.41, 5.74) is 3.64. The van der Waals surface area contributed by atoms with E-state index in [9.17, 15) is 18.4 Å². The average molecular weight is 377 g/mol. The largest absolute Gasteiger partial charge is 0.496 e. The minimum Gasteiger partial charge on any atom is -0.496 e. The van der Waals surface area contributed by atoms with E-state index >= 15 is 0 Å². The fraction of sp³-hybridized carbons (Fsp3) is 0.389. The van der Waals surface area contributed by atoms with Crippen LogP contribution in [-0.2, 0) is 4.79 Å². The van der Waals surface area contributed by atoms with Crippen molar-refractivity contribution in [1.29, 1.82) is 0 Å². The number of fused-ring (bicyclic) bond motifs is 2. The molecule has 27 heavy (non-hydrogen) atoms. The monoisotopic (exact) mass is 377 g/mol. The maximum absolute atomic E-state index is 14.8. The highest BCUT2D eigenvalue weighted by molar-refractivity contribution is 6.01. The van der Waals surface area contributed by atoms with Crippen molar-refractivity contribution < 1.29 is 27.8 Å². The number of aromatic nitrogens is 1. The fourth-order valence-electron chi connectivity index (χ4n) is 3.87. The number of nitrogens with two attached hydrogens (primary N) is 1. The van der Waals surface area contributed by atoms with Gasteiger partial charge in [0.2, 0.25) is 11.8 Å². The second-order valence-corrected chi connectivity index (χ2v) is 6.69. The molecule has 1 aliphatic heterocycles. The summed E-state index contributed by atoms with van der Waals surface area (Å²) < 4.78 is 38.6. The Balaban J connectivity index is 1.61. The van der Waals surface area contributed by atoms with Gasteiger partial charge in [0, 0.05) is 17.5 Å². The maximum atomic E-state index is 14.8. The molecule has 2 fully saturated rings. The van der Waals surface area contributed by atoms with Crippen molar-refractivity contribution in [3.8, 4) is 11.6 Å². The van der Waals surface area contributed by atoms with E-state index in [1.807, 2.05) is 0 Å². The van der Waals surface area contributed by atoms with E-state index in [-0.39, 0.29) is 23.8 Å². The predicted octanol–water partition coefficient (Wildman–Crippen LogP) is 1.14. The van der Waals surface area contributed by atoms with Gasteiger partial charge in [-0.2, -0.15) is 0 Å². The van der Waals surface area contributed by atoms with Gasteiger partial charge in [0.25, 0.3) is 5.91 Å². The second-order valence-electron chi connectivity index (χ2n) is 6.69. The van der Waals surface area contributed by atoms with Crippen LogP contribution in [0.25, 0.3) is 10.8 Å². The molecule has 0 spiro atoms. The number of nitrogens with one attached hydrogen (secondary N) is 1. The van der Waals surface area contributed by atoms with Crippen molar-refractivity contribution >= 4 is 22.6 Å². The van der Waals surface area contributed by atoms with E-state index < -0.39 is 42.0 Å². The van der Waals surface area contributed by atoms with Crippen LogP contribution in [0.15, 0.2) is 24.4 Å². The number of ether oxygens (including phenoxy) is 2. The fourth-order valence-corrected chi connectivity index (χ4v) is 3.87. The molecule has 4 atom stereocenters. The molecule has 1 aromatic carbocycles. The van der Waals surface area contributed by atoms with Crippen LogP contribution in [0.5, 0.6) is 11.6 Å². The second kappa shape index (κ2) is 6.04. The first-order chi connectivity index (χ1) is 12.9. The molecular weight excluding hydrogens is 360 g/mol. The Morgan fingerprint density at radius 2 is 2.22 bits per heavy atom. The number of primary amides is 1. The van der Waals surface area contributed by atoms with Gasteiger partial charge in [-0.05, 0) is 23.6 Å². The lowest BCUT2D eigenvalue weighted by Gasteiger charge is -2.19. The third-order valence-electron chi connectivity index (χ3n) is 5.34. The Morgan fingerprint density at radius 1 is 1.44 bits per heavy atom. The van der Waals surface area contributed by atoms with Gasteiger partial charge >= 0.3 is 0 Å². The van der Waals surface area contributed by atoms with E-state index in [1.165, 1.54) is 13.3 Å². The zero-order chi connectivity index (χ0) is 19.3. The smallest absolute Gasteiger partial charge is 0.252 e. The molecule has 0 bridgehead atoms. The Morgan fingerprint density at radius 3 is 2.85 bits per heavy atom. The number of piperidine rings is 1. The number of nitrogens with zero attached hydrogens (tertiary/aromatic N) is 1. The Kier molecular flexibility index (Phi) is 3.90. The van der Waals surface area contributed by atoms with E-state index in [2.05, 4.69) is 10.3 Å². The van der Waals surface area contributed by atoms with Gasteiger partial charge in [-0.1, -0.05) is 0 Å². The zero-order valence-electron chi connectivity index (χ0n) is 14.4. The summed E-state index contributed by atoms with van der Waals surface area (Å²) >= 11 is 0. The molecule has 1 aliphatic carbocycles. The Labute approximate surface area is 152 Å². The van der Waals surface area contributed by atoms with Crippen LogP contribution in [0.1, 0.15) is 10.4 Å². The van der Waals surface area contributed by atoms with Gasteiger partial charge in [0.1, 0.15) is 12.4 Å². The number of hydrogen-bond donors (Lipinski definition) is 2. The molecule has 2 aliphatic rings. The summed E-state index contributed by atoms with van der Waals surface area (Å²) in [4.78, 5) is 27.5. The molecule has 142 valence electrons. The molecule has 2 amide bonds. The van der Waals surface area contributed by atoms with E-state index in [4.69, 9.17) is 15.2 Å². The predicted molar refractivity (Wildman–Crippen MR) is 91.0 cm³/mol. The van der Waals surface area contributed by atoms with Crippen LogP contribution in [0.3, 0.4) is 0 Å². The van der Waals surface area contributed by atoms with Crippen molar-refractivity contribution in [1.82, 2.24) is 10.3 Å². The molecule has 4 rings (SSSR count). The number of alkyl halides is 2. The molecule has 3 N–H and O–H groups in total. The molecule has 2 aromatic rings. The van der Waals surface area contributed by atoms with E-state index in [0.717, 1.165) is 0 Å². The van der Waals surface area contributed by atoms with Crippen molar-refractivity contribution in [3.63, 3.8) is 0 Å². The molecule has 1 saturated carbocycles. The summed E-state index contributed by atoms with van der Waals surface area (Å²) in [5, 5.41) is 3.67. The first-order valence-corrected chi connectivity index (χ1v) is 8.36. The van der Waals surface area contributed by atoms with E-state index in [1.54, 1.807) is 18.2 Å². The van der Waals surface area contributed by atoms with Gasteiger partial charge in [0.15, 0.2) is 5.67 Å². The lowest BCUT2D eigenvalue weighted by molar-refractivity contribution is -0.121. The van der Waals surface area contributed by atoms with Crippen LogP contribution < -0.4 is 20.5 Å². The first kappa shape index (κ1) is 17.4. The molecule has 0 unspecified atom stereocenters. The number of rotatable bonds is 6. The topological polar surface area (TPSA) is 104 Å². The summed E-state index contributed by atoms with van der Waals surface area (Å²) in [7, 11) is 1.40. The van der Waals surface area contributed by atoms with Crippen molar-refractivity contribution in [2.24, 2.45) is 17.6 Å². The highest BCUT2D eigenvalue weighted by atomic mass is 19.2. The van der Waals surface area contributed by atoms with Crippen LogP contribution in [0.4, 0.5) is 8.78 Å². The standard InChI is InChI=1S/C18H17F2N3O4/c1-26-12-5-9-8(4-10(12)15(21)24)2-3-22-17(9)27-7-13-18(20)11(6-19)14(18)16(25)23-13/h2-5,11,13-14H,6-7H2,1H3,(H2,21,24)(H,23,25)/t11-,13+,14-,18-/m0/s1. The third-order valence-corrected chi connectivity index (χ3v) is 5.34. The minimum atomic E-state index is -1.92. The third kappa shape index (κ3) is 2.48. The Hall–Kier alpha value is -2.97. The summed E-state index contributed by atoms with van der Waals surface area (Å²) in [5.74, 6) is -2.57. The SMILES string of the molecule is COc1cc2c(OC[C@H]3NC(=O)[C@@H]4[C@H](CF)[C@@]43F)nccc2cc1C(N)=O. The van der Waals surface area contributed by atoms with Crippen LogP contribution >= 0.6 is 0 Å². The van der Waals surface area contributed by atoms with Crippen LogP contribution in [0.2, 0.25) is 0 Å². The number of amides is 2. The van der Waals surface area contributed by atoms with Crippen molar-refractivity contribution in [2.75, 3.05) is 20.4 Å². The number of benzene rings is 1. The summed E-state index contributed by atoms with van der Waals surface area (Å²) in [6.07, 6.45) is 1.47. The highest BCUT2D eigenvalue weighted by Gasteiger charge is 2.77. The van der Waals surface area contributed by atoms with Gasteiger partial charge in [-0.3, -0.25) is 14.0 Å². The lowest BCUT2D eigenvalue weighted by Crippen LogP contribution is -2.42. The molecule has 1 saturated heterocycles. The average Bonchev–Trinajstić information content (AvgIpc) is 3.20. The normalized spacial score (nSPS) is 28.6. The van der Waals surface area contributed by atoms with Crippen molar-refractivity contribution in [2.45, 2.75) is 11.7 Å². The van der Waals surface area contributed by atoms with Gasteiger partial charge in [-0.25, -0.2) is 9.37 Å². The van der Waals surface area contributed by atoms with E-state index in [0.29, 0.717) is 10.8 Å². The first-order valence-electron chi connectivity index (χ1n) is 8.36. The number of halogens is 2.